The van der Waals surface area contributed by atoms with Crippen LogP contribution < -0.4 is 5.32 Å². The Hall–Kier alpha value is -2.39. The third-order valence-electron chi connectivity index (χ3n) is 3.76. The molecule has 0 aromatic heterocycles. The first-order valence-electron chi connectivity index (χ1n) is 8.02. The minimum atomic E-state index is -4.53. The first kappa shape index (κ1) is 20.9. The standard InChI is InChI=1S/C18H19F3N2O3S/c1-27(25,26)23(11-10-14-6-3-2-4-7-14)13-17(24)22-16-9-5-8-15(12-16)18(19,20)21/h2-9,12H,10-11,13H2,1H3,(H,22,24). The van der Waals surface area contributed by atoms with E-state index in [9.17, 15) is 26.4 Å². The van der Waals surface area contributed by atoms with Gasteiger partial charge in [-0.2, -0.15) is 17.5 Å². The zero-order valence-corrected chi connectivity index (χ0v) is 15.3. The van der Waals surface area contributed by atoms with E-state index in [0.29, 0.717) is 6.42 Å². The van der Waals surface area contributed by atoms with E-state index in [2.05, 4.69) is 5.32 Å². The molecule has 9 heteroatoms. The zero-order chi connectivity index (χ0) is 20.1. The number of hydrogen-bond donors (Lipinski definition) is 1. The van der Waals surface area contributed by atoms with Crippen LogP contribution in [0.1, 0.15) is 11.1 Å². The van der Waals surface area contributed by atoms with Crippen LogP contribution in [0.5, 0.6) is 0 Å². The number of sulfonamides is 1. The number of carbonyl (C=O) groups is 1. The van der Waals surface area contributed by atoms with Crippen LogP contribution in [0.15, 0.2) is 54.6 Å². The van der Waals surface area contributed by atoms with Crippen molar-refractivity contribution in [3.05, 3.63) is 65.7 Å². The lowest BCUT2D eigenvalue weighted by Crippen LogP contribution is -2.38. The normalized spacial score (nSPS) is 12.2. The van der Waals surface area contributed by atoms with Crippen molar-refractivity contribution in [1.82, 2.24) is 4.31 Å². The predicted molar refractivity (Wildman–Crippen MR) is 96.6 cm³/mol. The lowest BCUT2D eigenvalue weighted by Gasteiger charge is -2.19. The highest BCUT2D eigenvalue weighted by molar-refractivity contribution is 7.88. The number of alkyl halides is 3. The van der Waals surface area contributed by atoms with Crippen LogP contribution in [-0.4, -0.2) is 38.0 Å². The van der Waals surface area contributed by atoms with Gasteiger partial charge in [0.15, 0.2) is 0 Å². The molecule has 0 unspecified atom stereocenters. The molecule has 0 radical (unpaired) electrons. The van der Waals surface area contributed by atoms with Crippen molar-refractivity contribution in [2.45, 2.75) is 12.6 Å². The summed E-state index contributed by atoms with van der Waals surface area (Å²) in [5.41, 5.74) is -0.0416. The number of carbonyl (C=O) groups excluding carboxylic acids is 1. The molecule has 1 N–H and O–H groups in total. The van der Waals surface area contributed by atoms with Gasteiger partial charge in [0.05, 0.1) is 18.4 Å². The Kier molecular flexibility index (Phi) is 6.61. The van der Waals surface area contributed by atoms with Gasteiger partial charge in [-0.1, -0.05) is 36.4 Å². The smallest absolute Gasteiger partial charge is 0.325 e. The molecule has 0 spiro atoms. The summed E-state index contributed by atoms with van der Waals surface area (Å²) in [5.74, 6) is -0.715. The SMILES string of the molecule is CS(=O)(=O)N(CCc1ccccc1)CC(=O)Nc1cccc(C(F)(F)F)c1. The minimum Gasteiger partial charge on any atom is -0.325 e. The third kappa shape index (κ3) is 6.69. The fraction of sp³-hybridized carbons (Fsp3) is 0.278. The maximum atomic E-state index is 12.7. The quantitative estimate of drug-likeness (QED) is 0.777. The van der Waals surface area contributed by atoms with Crippen LogP contribution in [0.25, 0.3) is 0 Å². The molecule has 2 aromatic carbocycles. The topological polar surface area (TPSA) is 66.5 Å². The van der Waals surface area contributed by atoms with E-state index in [1.165, 1.54) is 12.1 Å². The second-order valence-corrected chi connectivity index (χ2v) is 7.94. The number of benzene rings is 2. The summed E-state index contributed by atoms with van der Waals surface area (Å²) in [5, 5.41) is 2.31. The van der Waals surface area contributed by atoms with Crippen LogP contribution in [0.3, 0.4) is 0 Å². The number of anilines is 1. The molecule has 27 heavy (non-hydrogen) atoms. The molecular formula is C18H19F3N2O3S. The van der Waals surface area contributed by atoms with Crippen LogP contribution in [0, 0.1) is 0 Å². The summed E-state index contributed by atoms with van der Waals surface area (Å²) in [6, 6.07) is 13.3. The first-order chi connectivity index (χ1) is 12.6. The average Bonchev–Trinajstić information content (AvgIpc) is 2.58. The molecule has 0 saturated carbocycles. The van der Waals surface area contributed by atoms with Gasteiger partial charge in [-0.25, -0.2) is 8.42 Å². The van der Waals surface area contributed by atoms with Crippen LogP contribution in [0.4, 0.5) is 18.9 Å². The molecule has 0 aliphatic rings. The monoisotopic (exact) mass is 400 g/mol. The van der Waals surface area contributed by atoms with Crippen molar-refractivity contribution < 1.29 is 26.4 Å². The molecular weight excluding hydrogens is 381 g/mol. The molecule has 0 aliphatic heterocycles. The van der Waals surface area contributed by atoms with Crippen LogP contribution in [0.2, 0.25) is 0 Å². The van der Waals surface area contributed by atoms with Gasteiger partial charge < -0.3 is 5.32 Å². The summed E-state index contributed by atoms with van der Waals surface area (Å²) >= 11 is 0. The van der Waals surface area contributed by atoms with Crippen molar-refractivity contribution in [3.63, 3.8) is 0 Å². The average molecular weight is 400 g/mol. The first-order valence-corrected chi connectivity index (χ1v) is 9.87. The lowest BCUT2D eigenvalue weighted by atomic mass is 10.1. The summed E-state index contributed by atoms with van der Waals surface area (Å²) in [4.78, 5) is 12.1. The van der Waals surface area contributed by atoms with Crippen molar-refractivity contribution in [2.75, 3.05) is 24.7 Å². The predicted octanol–water partition coefficient (Wildman–Crippen LogP) is 3.15. The number of rotatable bonds is 7. The maximum Gasteiger partial charge on any atom is 0.416 e. The number of nitrogens with zero attached hydrogens (tertiary/aromatic N) is 1. The lowest BCUT2D eigenvalue weighted by molar-refractivity contribution is -0.137. The number of amides is 1. The summed E-state index contributed by atoms with van der Waals surface area (Å²) < 4.78 is 63.0. The largest absolute Gasteiger partial charge is 0.416 e. The molecule has 146 valence electrons. The fourth-order valence-electron chi connectivity index (χ4n) is 2.39. The molecule has 0 heterocycles. The van der Waals surface area contributed by atoms with Crippen molar-refractivity contribution in [3.8, 4) is 0 Å². The van der Waals surface area contributed by atoms with E-state index in [1.807, 2.05) is 30.3 Å². The molecule has 5 nitrogen and oxygen atoms in total. The second-order valence-electron chi connectivity index (χ2n) is 5.96. The van der Waals surface area contributed by atoms with Gasteiger partial charge in [-0.3, -0.25) is 4.79 Å². The highest BCUT2D eigenvalue weighted by Crippen LogP contribution is 2.30. The summed E-state index contributed by atoms with van der Waals surface area (Å²) in [6.07, 6.45) is -3.14. The molecule has 0 bridgehead atoms. The Balaban J connectivity index is 2.04. The molecule has 2 aromatic rings. The Morgan fingerprint density at radius 2 is 1.74 bits per heavy atom. The van der Waals surface area contributed by atoms with E-state index in [0.717, 1.165) is 28.3 Å². The minimum absolute atomic E-state index is 0.0497. The highest BCUT2D eigenvalue weighted by atomic mass is 32.2. The van der Waals surface area contributed by atoms with Gasteiger partial charge in [-0.05, 0) is 30.2 Å². The molecule has 2 rings (SSSR count). The van der Waals surface area contributed by atoms with Gasteiger partial charge in [0, 0.05) is 12.2 Å². The molecule has 0 aliphatic carbocycles. The van der Waals surface area contributed by atoms with Gasteiger partial charge in [0.1, 0.15) is 0 Å². The Bertz CT molecular complexity index is 884. The maximum absolute atomic E-state index is 12.7. The summed E-state index contributed by atoms with van der Waals surface area (Å²) in [7, 11) is -3.66. The van der Waals surface area contributed by atoms with Gasteiger partial charge in [0.25, 0.3) is 0 Å². The van der Waals surface area contributed by atoms with E-state index < -0.39 is 34.2 Å². The molecule has 0 atom stereocenters. The van der Waals surface area contributed by atoms with Gasteiger partial charge in [-0.15, -0.1) is 0 Å². The van der Waals surface area contributed by atoms with Gasteiger partial charge in [0.2, 0.25) is 15.9 Å². The number of nitrogens with one attached hydrogen (secondary N) is 1. The van der Waals surface area contributed by atoms with Crippen molar-refractivity contribution in [2.24, 2.45) is 0 Å². The Morgan fingerprint density at radius 1 is 1.07 bits per heavy atom. The molecule has 0 saturated heterocycles. The van der Waals surface area contributed by atoms with E-state index in [-0.39, 0.29) is 12.2 Å². The summed E-state index contributed by atoms with van der Waals surface area (Å²) in [6.45, 7) is -0.402. The van der Waals surface area contributed by atoms with Crippen molar-refractivity contribution >= 4 is 21.6 Å². The van der Waals surface area contributed by atoms with Crippen LogP contribution >= 0.6 is 0 Å². The third-order valence-corrected chi connectivity index (χ3v) is 5.01. The van der Waals surface area contributed by atoms with Crippen LogP contribution in [-0.2, 0) is 27.4 Å². The van der Waals surface area contributed by atoms with E-state index in [1.54, 1.807) is 0 Å². The Labute approximate surface area is 155 Å². The highest BCUT2D eigenvalue weighted by Gasteiger charge is 2.30. The van der Waals surface area contributed by atoms with Gasteiger partial charge >= 0.3 is 6.18 Å². The van der Waals surface area contributed by atoms with E-state index >= 15 is 0 Å². The number of halogens is 3. The second kappa shape index (κ2) is 8.53. The molecule has 0 fully saturated rings. The fourth-order valence-corrected chi connectivity index (χ4v) is 3.17. The van der Waals surface area contributed by atoms with E-state index in [4.69, 9.17) is 0 Å². The van der Waals surface area contributed by atoms with Crippen molar-refractivity contribution in [1.29, 1.82) is 0 Å². The zero-order valence-electron chi connectivity index (χ0n) is 14.5. The number of hydrogen-bond acceptors (Lipinski definition) is 3. The molecule has 1 amide bonds. The Morgan fingerprint density at radius 3 is 2.33 bits per heavy atom.